The van der Waals surface area contributed by atoms with Crippen molar-refractivity contribution in [2.24, 2.45) is 0 Å². The Hall–Kier alpha value is -1.14. The standard InChI is InChI=1S/C16H26N2O3/c1-21-15-6-2-4-13(10-15)16(20)12-18(8-9-19)11-14-5-3-7-17-14/h2,4,6,10,14,16-17,19-20H,3,5,7-9,11-12H2,1H3. The molecule has 0 bridgehead atoms. The van der Waals surface area contributed by atoms with Gasteiger partial charge in [-0.25, -0.2) is 0 Å². The van der Waals surface area contributed by atoms with Crippen LogP contribution in [0.1, 0.15) is 24.5 Å². The fourth-order valence-corrected chi connectivity index (χ4v) is 2.82. The van der Waals surface area contributed by atoms with Gasteiger partial charge in [0.1, 0.15) is 5.75 Å². The molecule has 2 unspecified atom stereocenters. The molecule has 21 heavy (non-hydrogen) atoms. The Morgan fingerprint density at radius 3 is 3.00 bits per heavy atom. The minimum absolute atomic E-state index is 0.109. The predicted octanol–water partition coefficient (Wildman–Crippen LogP) is 0.775. The molecule has 1 aliphatic heterocycles. The Morgan fingerprint density at radius 2 is 2.33 bits per heavy atom. The molecule has 2 atom stereocenters. The molecular weight excluding hydrogens is 268 g/mol. The zero-order valence-electron chi connectivity index (χ0n) is 12.7. The van der Waals surface area contributed by atoms with Crippen molar-refractivity contribution in [1.82, 2.24) is 10.2 Å². The van der Waals surface area contributed by atoms with Crippen molar-refractivity contribution in [1.29, 1.82) is 0 Å². The van der Waals surface area contributed by atoms with E-state index >= 15 is 0 Å². The summed E-state index contributed by atoms with van der Waals surface area (Å²) in [5.41, 5.74) is 0.844. The lowest BCUT2D eigenvalue weighted by Gasteiger charge is -2.27. The number of methoxy groups -OCH3 is 1. The molecule has 5 heteroatoms. The van der Waals surface area contributed by atoms with Crippen LogP contribution in [0.2, 0.25) is 0 Å². The second-order valence-electron chi connectivity index (χ2n) is 5.57. The van der Waals surface area contributed by atoms with Gasteiger partial charge >= 0.3 is 0 Å². The number of benzene rings is 1. The zero-order chi connectivity index (χ0) is 15.1. The van der Waals surface area contributed by atoms with Crippen molar-refractivity contribution in [3.63, 3.8) is 0 Å². The highest BCUT2D eigenvalue weighted by Crippen LogP contribution is 2.20. The van der Waals surface area contributed by atoms with Crippen LogP contribution in [-0.2, 0) is 0 Å². The molecule has 1 aromatic rings. The summed E-state index contributed by atoms with van der Waals surface area (Å²) in [5.74, 6) is 0.748. The largest absolute Gasteiger partial charge is 0.497 e. The van der Waals surface area contributed by atoms with Gasteiger partial charge in [-0.3, -0.25) is 4.90 Å². The minimum atomic E-state index is -0.576. The number of nitrogens with one attached hydrogen (secondary N) is 1. The first-order valence-corrected chi connectivity index (χ1v) is 7.61. The van der Waals surface area contributed by atoms with Crippen molar-refractivity contribution < 1.29 is 14.9 Å². The summed E-state index contributed by atoms with van der Waals surface area (Å²) >= 11 is 0. The summed E-state index contributed by atoms with van der Waals surface area (Å²) in [7, 11) is 1.62. The minimum Gasteiger partial charge on any atom is -0.497 e. The summed E-state index contributed by atoms with van der Waals surface area (Å²) in [6.07, 6.45) is 1.79. The van der Waals surface area contributed by atoms with Gasteiger partial charge in [0.2, 0.25) is 0 Å². The highest BCUT2D eigenvalue weighted by Gasteiger charge is 2.20. The molecule has 1 heterocycles. The Morgan fingerprint density at radius 1 is 1.48 bits per heavy atom. The molecule has 5 nitrogen and oxygen atoms in total. The number of aliphatic hydroxyl groups is 2. The Balaban J connectivity index is 1.94. The van der Waals surface area contributed by atoms with E-state index in [4.69, 9.17) is 4.74 Å². The molecule has 0 aromatic heterocycles. The van der Waals surface area contributed by atoms with Crippen molar-refractivity contribution in [2.75, 3.05) is 39.9 Å². The lowest BCUT2D eigenvalue weighted by atomic mass is 10.1. The SMILES string of the molecule is COc1cccc(C(O)CN(CCO)CC2CCCN2)c1. The highest BCUT2D eigenvalue weighted by molar-refractivity contribution is 5.29. The lowest BCUT2D eigenvalue weighted by molar-refractivity contribution is 0.0946. The smallest absolute Gasteiger partial charge is 0.119 e. The molecule has 0 radical (unpaired) electrons. The number of rotatable bonds is 8. The highest BCUT2D eigenvalue weighted by atomic mass is 16.5. The molecular formula is C16H26N2O3. The molecule has 0 saturated carbocycles. The second-order valence-corrected chi connectivity index (χ2v) is 5.57. The van der Waals surface area contributed by atoms with E-state index in [0.29, 0.717) is 19.1 Å². The quantitative estimate of drug-likeness (QED) is 0.661. The first-order valence-electron chi connectivity index (χ1n) is 7.61. The van der Waals surface area contributed by atoms with Crippen molar-refractivity contribution >= 4 is 0 Å². The first kappa shape index (κ1) is 16.2. The lowest BCUT2D eigenvalue weighted by Crippen LogP contribution is -2.41. The van der Waals surface area contributed by atoms with E-state index < -0.39 is 6.10 Å². The average molecular weight is 294 g/mol. The van der Waals surface area contributed by atoms with Crippen LogP contribution in [0.5, 0.6) is 5.75 Å². The van der Waals surface area contributed by atoms with Crippen LogP contribution in [0.15, 0.2) is 24.3 Å². The van der Waals surface area contributed by atoms with Crippen molar-refractivity contribution in [2.45, 2.75) is 25.0 Å². The maximum Gasteiger partial charge on any atom is 0.119 e. The Labute approximate surface area is 126 Å². The van der Waals surface area contributed by atoms with Gasteiger partial charge in [0.15, 0.2) is 0 Å². The van der Waals surface area contributed by atoms with Crippen LogP contribution in [-0.4, -0.2) is 61.1 Å². The van der Waals surface area contributed by atoms with Gasteiger partial charge in [0.25, 0.3) is 0 Å². The molecule has 118 valence electrons. The van der Waals surface area contributed by atoms with E-state index in [0.717, 1.165) is 30.8 Å². The van der Waals surface area contributed by atoms with Gasteiger partial charge in [0, 0.05) is 25.7 Å². The number of ether oxygens (including phenoxy) is 1. The van der Waals surface area contributed by atoms with Gasteiger partial charge < -0.3 is 20.3 Å². The summed E-state index contributed by atoms with van der Waals surface area (Å²) in [6, 6.07) is 7.97. The van der Waals surface area contributed by atoms with Gasteiger partial charge in [-0.05, 0) is 37.1 Å². The van der Waals surface area contributed by atoms with E-state index in [9.17, 15) is 10.2 Å². The van der Waals surface area contributed by atoms with Gasteiger partial charge in [-0.2, -0.15) is 0 Å². The van der Waals surface area contributed by atoms with Crippen LogP contribution < -0.4 is 10.1 Å². The Kier molecular flexibility index (Phi) is 6.45. The van der Waals surface area contributed by atoms with Gasteiger partial charge in [-0.15, -0.1) is 0 Å². The normalized spacial score (nSPS) is 19.9. The number of hydrogen-bond donors (Lipinski definition) is 3. The average Bonchev–Trinajstić information content (AvgIpc) is 3.00. The van der Waals surface area contributed by atoms with Crippen LogP contribution in [0.4, 0.5) is 0 Å². The number of aliphatic hydroxyl groups excluding tert-OH is 2. The van der Waals surface area contributed by atoms with Crippen LogP contribution in [0.25, 0.3) is 0 Å². The van der Waals surface area contributed by atoms with Gasteiger partial charge in [0.05, 0.1) is 19.8 Å². The summed E-state index contributed by atoms with van der Waals surface area (Å²) in [5, 5.41) is 23.1. The molecule has 0 spiro atoms. The third-order valence-corrected chi connectivity index (χ3v) is 3.97. The topological polar surface area (TPSA) is 65.0 Å². The van der Waals surface area contributed by atoms with E-state index in [-0.39, 0.29) is 6.61 Å². The fraction of sp³-hybridized carbons (Fsp3) is 0.625. The molecule has 1 aromatic carbocycles. The van der Waals surface area contributed by atoms with E-state index in [1.165, 1.54) is 6.42 Å². The third kappa shape index (κ3) is 4.97. The van der Waals surface area contributed by atoms with Crippen LogP contribution >= 0.6 is 0 Å². The van der Waals surface area contributed by atoms with E-state index in [2.05, 4.69) is 10.2 Å². The summed E-state index contributed by atoms with van der Waals surface area (Å²) in [6.45, 7) is 3.14. The molecule has 1 fully saturated rings. The maximum absolute atomic E-state index is 10.4. The Bertz CT molecular complexity index is 422. The van der Waals surface area contributed by atoms with E-state index in [1.807, 2.05) is 24.3 Å². The van der Waals surface area contributed by atoms with Crippen LogP contribution in [0.3, 0.4) is 0 Å². The molecule has 3 N–H and O–H groups in total. The molecule has 0 amide bonds. The molecule has 0 aliphatic carbocycles. The molecule has 1 saturated heterocycles. The van der Waals surface area contributed by atoms with Crippen LogP contribution in [0, 0.1) is 0 Å². The second kappa shape index (κ2) is 8.34. The summed E-state index contributed by atoms with van der Waals surface area (Å²) in [4.78, 5) is 2.12. The molecule has 2 rings (SSSR count). The third-order valence-electron chi connectivity index (χ3n) is 3.97. The zero-order valence-corrected chi connectivity index (χ0v) is 12.7. The van der Waals surface area contributed by atoms with Crippen molar-refractivity contribution in [3.8, 4) is 5.75 Å². The molecule has 1 aliphatic rings. The first-order chi connectivity index (χ1) is 10.2. The monoisotopic (exact) mass is 294 g/mol. The van der Waals surface area contributed by atoms with E-state index in [1.54, 1.807) is 7.11 Å². The summed E-state index contributed by atoms with van der Waals surface area (Å²) < 4.78 is 5.19. The van der Waals surface area contributed by atoms with Crippen molar-refractivity contribution in [3.05, 3.63) is 29.8 Å². The van der Waals surface area contributed by atoms with Gasteiger partial charge in [-0.1, -0.05) is 12.1 Å². The number of hydrogen-bond acceptors (Lipinski definition) is 5. The maximum atomic E-state index is 10.4. The predicted molar refractivity (Wildman–Crippen MR) is 82.5 cm³/mol. The number of nitrogens with zero attached hydrogens (tertiary/aromatic N) is 1. The fourth-order valence-electron chi connectivity index (χ4n) is 2.82.